The largest absolute Gasteiger partial charge is 0.330 e. The molecule has 0 aliphatic heterocycles. The number of nitriles is 2. The van der Waals surface area contributed by atoms with E-state index in [1.165, 1.54) is 6.08 Å². The Balaban J connectivity index is 2.52. The van der Waals surface area contributed by atoms with Crippen LogP contribution in [0.4, 0.5) is 5.69 Å². The highest BCUT2D eigenvalue weighted by atomic mass is 35.5. The van der Waals surface area contributed by atoms with E-state index in [4.69, 9.17) is 22.1 Å². The smallest absolute Gasteiger partial charge is 0.258 e. The lowest BCUT2D eigenvalue weighted by atomic mass is 10.1. The predicted octanol–water partition coefficient (Wildman–Crippen LogP) is 3.34. The van der Waals surface area contributed by atoms with Gasteiger partial charge in [-0.1, -0.05) is 48.0 Å². The summed E-state index contributed by atoms with van der Waals surface area (Å²) in [5.41, 5.74) is -0.0754. The van der Waals surface area contributed by atoms with Gasteiger partial charge in [-0.05, 0) is 11.6 Å². The third-order valence-corrected chi connectivity index (χ3v) is 3.09. The fourth-order valence-corrected chi connectivity index (χ4v) is 2.04. The third-order valence-electron chi connectivity index (χ3n) is 2.82. The molecule has 1 aromatic carbocycles. The Labute approximate surface area is 136 Å². The average Bonchev–Trinajstić information content (AvgIpc) is 2.54. The number of nitrogens with zero attached hydrogens (tertiary/aromatic N) is 5. The van der Waals surface area contributed by atoms with E-state index in [9.17, 15) is 10.1 Å². The summed E-state index contributed by atoms with van der Waals surface area (Å²) in [6, 6.07) is 12.5. The van der Waals surface area contributed by atoms with Crippen molar-refractivity contribution in [3.63, 3.8) is 0 Å². The SMILES string of the molecule is N#CC(C#N)c1nc(/C=C/c2ccccc2)nc(Cl)c1[N+](=O)[O-]. The zero-order valence-corrected chi connectivity index (χ0v) is 12.3. The average molecular weight is 326 g/mol. The second-order valence-electron chi connectivity index (χ2n) is 4.30. The van der Waals surface area contributed by atoms with Gasteiger partial charge in [0.2, 0.25) is 5.15 Å². The first-order valence-corrected chi connectivity index (χ1v) is 6.68. The number of rotatable bonds is 4. The fraction of sp³-hybridized carbons (Fsp3) is 0.0667. The lowest BCUT2D eigenvalue weighted by Crippen LogP contribution is -2.07. The first kappa shape index (κ1) is 16.1. The van der Waals surface area contributed by atoms with Crippen molar-refractivity contribution in [3.05, 3.63) is 62.7 Å². The number of benzene rings is 1. The highest BCUT2D eigenvalue weighted by Crippen LogP contribution is 2.30. The van der Waals surface area contributed by atoms with Gasteiger partial charge >= 0.3 is 5.69 Å². The van der Waals surface area contributed by atoms with E-state index in [-0.39, 0.29) is 11.5 Å². The first-order valence-electron chi connectivity index (χ1n) is 6.31. The Bertz CT molecular complexity index is 839. The Hall–Kier alpha value is -3.29. The molecule has 0 radical (unpaired) electrons. The lowest BCUT2D eigenvalue weighted by Gasteiger charge is -2.04. The maximum absolute atomic E-state index is 11.1. The molecule has 8 heteroatoms. The molecule has 0 aliphatic carbocycles. The van der Waals surface area contributed by atoms with Crippen LogP contribution in [-0.4, -0.2) is 14.9 Å². The van der Waals surface area contributed by atoms with E-state index in [2.05, 4.69) is 9.97 Å². The Kier molecular flexibility index (Phi) is 4.98. The quantitative estimate of drug-likeness (QED) is 0.483. The molecule has 0 spiro atoms. The maximum Gasteiger partial charge on any atom is 0.330 e. The molecule has 2 rings (SSSR count). The van der Waals surface area contributed by atoms with Crippen LogP contribution in [-0.2, 0) is 0 Å². The molecule has 23 heavy (non-hydrogen) atoms. The van der Waals surface area contributed by atoms with Gasteiger partial charge in [0, 0.05) is 0 Å². The van der Waals surface area contributed by atoms with Gasteiger partial charge in [0.1, 0.15) is 0 Å². The molecule has 1 heterocycles. The topological polar surface area (TPSA) is 116 Å². The second-order valence-corrected chi connectivity index (χ2v) is 4.66. The van der Waals surface area contributed by atoms with Crippen LogP contribution in [0, 0.1) is 32.8 Å². The van der Waals surface area contributed by atoms with E-state index in [1.807, 2.05) is 30.3 Å². The van der Waals surface area contributed by atoms with Crippen molar-refractivity contribution in [1.82, 2.24) is 9.97 Å². The zero-order valence-electron chi connectivity index (χ0n) is 11.5. The molecule has 0 aliphatic rings. The molecule has 0 amide bonds. The number of nitro groups is 1. The van der Waals surface area contributed by atoms with Crippen LogP contribution in [0.2, 0.25) is 5.15 Å². The molecular weight excluding hydrogens is 318 g/mol. The number of hydrogen-bond donors (Lipinski definition) is 0. The fourth-order valence-electron chi connectivity index (χ4n) is 1.79. The molecule has 0 saturated heterocycles. The highest BCUT2D eigenvalue weighted by molar-refractivity contribution is 6.31. The second kappa shape index (κ2) is 7.12. The summed E-state index contributed by atoms with van der Waals surface area (Å²) >= 11 is 5.82. The molecule has 0 N–H and O–H groups in total. The molecule has 0 unspecified atom stereocenters. The van der Waals surface area contributed by atoms with E-state index >= 15 is 0 Å². The molecule has 2 aromatic rings. The van der Waals surface area contributed by atoms with Crippen LogP contribution in [0.1, 0.15) is 23.0 Å². The molecule has 0 fully saturated rings. The van der Waals surface area contributed by atoms with Gasteiger partial charge in [0.05, 0.1) is 17.1 Å². The molecule has 0 saturated carbocycles. The van der Waals surface area contributed by atoms with Crippen LogP contribution in [0.5, 0.6) is 0 Å². The van der Waals surface area contributed by atoms with Gasteiger partial charge in [0.25, 0.3) is 0 Å². The Morgan fingerprint density at radius 3 is 2.39 bits per heavy atom. The zero-order chi connectivity index (χ0) is 16.8. The summed E-state index contributed by atoms with van der Waals surface area (Å²) in [6.45, 7) is 0. The summed E-state index contributed by atoms with van der Waals surface area (Å²) in [7, 11) is 0. The van der Waals surface area contributed by atoms with Crippen LogP contribution in [0.3, 0.4) is 0 Å². The highest BCUT2D eigenvalue weighted by Gasteiger charge is 2.29. The van der Waals surface area contributed by atoms with E-state index in [0.29, 0.717) is 0 Å². The van der Waals surface area contributed by atoms with Crippen molar-refractivity contribution < 1.29 is 4.92 Å². The summed E-state index contributed by atoms with van der Waals surface area (Å²) in [5, 5.41) is 28.6. The maximum atomic E-state index is 11.1. The minimum Gasteiger partial charge on any atom is -0.258 e. The predicted molar refractivity (Wildman–Crippen MR) is 83.0 cm³/mol. The summed E-state index contributed by atoms with van der Waals surface area (Å²) in [5.74, 6) is -1.32. The number of aromatic nitrogens is 2. The molecule has 7 nitrogen and oxygen atoms in total. The van der Waals surface area contributed by atoms with E-state index in [0.717, 1.165) is 5.56 Å². The van der Waals surface area contributed by atoms with Crippen molar-refractivity contribution in [2.75, 3.05) is 0 Å². The van der Waals surface area contributed by atoms with Gasteiger partial charge in [-0.2, -0.15) is 10.5 Å². The van der Waals surface area contributed by atoms with Crippen LogP contribution >= 0.6 is 11.6 Å². The number of halogens is 1. The van der Waals surface area contributed by atoms with Crippen LogP contribution < -0.4 is 0 Å². The first-order chi connectivity index (χ1) is 11.1. The molecule has 0 bridgehead atoms. The van der Waals surface area contributed by atoms with Gasteiger partial charge in [0.15, 0.2) is 17.4 Å². The van der Waals surface area contributed by atoms with Crippen molar-refractivity contribution in [1.29, 1.82) is 10.5 Å². The molecule has 0 atom stereocenters. The lowest BCUT2D eigenvalue weighted by molar-refractivity contribution is -0.386. The molecule has 112 valence electrons. The van der Waals surface area contributed by atoms with Crippen molar-refractivity contribution in [3.8, 4) is 12.1 Å². The summed E-state index contributed by atoms with van der Waals surface area (Å²) < 4.78 is 0. The van der Waals surface area contributed by atoms with Gasteiger partial charge in [-0.15, -0.1) is 0 Å². The molecular formula is C15H8ClN5O2. The standard InChI is InChI=1S/C15H8ClN5O2/c16-15-14(21(22)23)13(11(8-17)9-18)19-12(20-15)7-6-10-4-2-1-3-5-10/h1-7,11H/b7-6+. The van der Waals surface area contributed by atoms with Crippen LogP contribution in [0.15, 0.2) is 30.3 Å². The normalized spacial score (nSPS) is 10.4. The van der Waals surface area contributed by atoms with E-state index < -0.39 is 21.7 Å². The van der Waals surface area contributed by atoms with Crippen LogP contribution in [0.25, 0.3) is 12.2 Å². The van der Waals surface area contributed by atoms with Gasteiger partial charge in [-0.3, -0.25) is 10.1 Å². The monoisotopic (exact) mass is 325 g/mol. The molecule has 1 aromatic heterocycles. The van der Waals surface area contributed by atoms with Crippen molar-refractivity contribution >= 4 is 29.4 Å². The van der Waals surface area contributed by atoms with Gasteiger partial charge in [-0.25, -0.2) is 9.97 Å². The minimum absolute atomic E-state index is 0.0787. The van der Waals surface area contributed by atoms with Crippen molar-refractivity contribution in [2.24, 2.45) is 0 Å². The van der Waals surface area contributed by atoms with Crippen molar-refractivity contribution in [2.45, 2.75) is 5.92 Å². The summed E-state index contributed by atoms with van der Waals surface area (Å²) in [4.78, 5) is 18.0. The van der Waals surface area contributed by atoms with E-state index in [1.54, 1.807) is 18.2 Å². The Morgan fingerprint density at radius 2 is 1.83 bits per heavy atom. The number of hydrogen-bond acceptors (Lipinski definition) is 6. The summed E-state index contributed by atoms with van der Waals surface area (Å²) in [6.07, 6.45) is 3.19. The van der Waals surface area contributed by atoms with Gasteiger partial charge < -0.3 is 0 Å². The third kappa shape index (κ3) is 3.67. The Morgan fingerprint density at radius 1 is 1.17 bits per heavy atom. The minimum atomic E-state index is -1.40.